The molecule has 0 amide bonds. The number of nitrogens with zero attached hydrogens (tertiary/aromatic N) is 2. The van der Waals surface area contributed by atoms with Gasteiger partial charge in [0.25, 0.3) is 0 Å². The van der Waals surface area contributed by atoms with Crippen molar-refractivity contribution in [3.8, 4) is 11.4 Å². The molecule has 0 aliphatic heterocycles. The van der Waals surface area contributed by atoms with Crippen LogP contribution in [0.5, 0.6) is 5.75 Å². The van der Waals surface area contributed by atoms with Crippen LogP contribution in [0.1, 0.15) is 5.69 Å². The lowest BCUT2D eigenvalue weighted by Gasteiger charge is -2.09. The van der Waals surface area contributed by atoms with Crippen LogP contribution in [0, 0.1) is 0 Å². The van der Waals surface area contributed by atoms with Gasteiger partial charge in [0, 0.05) is 16.7 Å². The zero-order valence-electron chi connectivity index (χ0n) is 8.65. The van der Waals surface area contributed by atoms with Crippen LogP contribution in [-0.4, -0.2) is 16.7 Å². The molecule has 0 aliphatic rings. The molecule has 0 fully saturated rings. The molecule has 3 nitrogen and oxygen atoms in total. The van der Waals surface area contributed by atoms with Crippen molar-refractivity contribution >= 4 is 27.5 Å². The highest BCUT2D eigenvalue weighted by atomic mass is 79.9. The Morgan fingerprint density at radius 1 is 1.44 bits per heavy atom. The van der Waals surface area contributed by atoms with E-state index in [9.17, 15) is 0 Å². The molecule has 0 radical (unpaired) electrons. The molecule has 2 aromatic rings. The number of hydrogen-bond donors (Lipinski definition) is 0. The number of aromatic nitrogens is 2. The molecule has 0 saturated carbocycles. The van der Waals surface area contributed by atoms with E-state index in [4.69, 9.17) is 16.3 Å². The molecular weight excluding hydrogens is 291 g/mol. The fourth-order valence-electron chi connectivity index (χ4n) is 1.46. The normalized spacial score (nSPS) is 10.4. The summed E-state index contributed by atoms with van der Waals surface area (Å²) < 4.78 is 8.10. The number of methoxy groups -OCH3 is 1. The number of hydrogen-bond acceptors (Lipinski definition) is 2. The van der Waals surface area contributed by atoms with Crippen LogP contribution in [0.25, 0.3) is 5.69 Å². The molecule has 0 N–H and O–H groups in total. The number of imidazole rings is 1. The molecule has 1 heterocycles. The standard InChI is InChI=1S/C11H10BrClN2O/c1-16-11-3-8(12)2-9(4-11)15-7-14-6-10(15)5-13/h2-4,6-7H,5H2,1H3. The van der Waals surface area contributed by atoms with Gasteiger partial charge in [-0.15, -0.1) is 11.6 Å². The van der Waals surface area contributed by atoms with Gasteiger partial charge in [-0.25, -0.2) is 4.98 Å². The molecule has 16 heavy (non-hydrogen) atoms. The van der Waals surface area contributed by atoms with E-state index in [1.807, 2.05) is 22.8 Å². The zero-order valence-corrected chi connectivity index (χ0v) is 11.0. The van der Waals surface area contributed by atoms with E-state index in [-0.39, 0.29) is 0 Å². The lowest BCUT2D eigenvalue weighted by molar-refractivity contribution is 0.414. The first-order valence-corrected chi connectivity index (χ1v) is 5.99. The topological polar surface area (TPSA) is 27.1 Å². The van der Waals surface area contributed by atoms with Crippen LogP contribution in [0.15, 0.2) is 35.2 Å². The maximum absolute atomic E-state index is 5.83. The van der Waals surface area contributed by atoms with Crippen LogP contribution in [0.3, 0.4) is 0 Å². The summed E-state index contributed by atoms with van der Waals surface area (Å²) in [5.41, 5.74) is 1.92. The van der Waals surface area contributed by atoms with Crippen LogP contribution >= 0.6 is 27.5 Å². The zero-order chi connectivity index (χ0) is 11.5. The van der Waals surface area contributed by atoms with E-state index in [0.29, 0.717) is 5.88 Å². The fourth-order valence-corrected chi connectivity index (χ4v) is 2.12. The lowest BCUT2D eigenvalue weighted by Crippen LogP contribution is -1.97. The van der Waals surface area contributed by atoms with Crippen molar-refractivity contribution in [3.63, 3.8) is 0 Å². The third-order valence-corrected chi connectivity index (χ3v) is 2.95. The molecule has 0 saturated heterocycles. The van der Waals surface area contributed by atoms with E-state index in [2.05, 4.69) is 20.9 Å². The van der Waals surface area contributed by atoms with Gasteiger partial charge < -0.3 is 9.30 Å². The largest absolute Gasteiger partial charge is 0.497 e. The Bertz CT molecular complexity index is 498. The maximum atomic E-state index is 5.83. The van der Waals surface area contributed by atoms with Crippen molar-refractivity contribution in [1.82, 2.24) is 9.55 Å². The van der Waals surface area contributed by atoms with Crippen LogP contribution in [0.4, 0.5) is 0 Å². The highest BCUT2D eigenvalue weighted by Gasteiger charge is 2.05. The Morgan fingerprint density at radius 3 is 2.94 bits per heavy atom. The van der Waals surface area contributed by atoms with E-state index in [1.165, 1.54) is 0 Å². The molecule has 84 valence electrons. The molecule has 0 bridgehead atoms. The minimum atomic E-state index is 0.425. The van der Waals surface area contributed by atoms with Crippen LogP contribution in [0.2, 0.25) is 0 Å². The van der Waals surface area contributed by atoms with Crippen LogP contribution in [-0.2, 0) is 5.88 Å². The first-order valence-electron chi connectivity index (χ1n) is 4.66. The third-order valence-electron chi connectivity index (χ3n) is 2.22. The van der Waals surface area contributed by atoms with Crippen molar-refractivity contribution in [2.75, 3.05) is 7.11 Å². The number of alkyl halides is 1. The molecule has 0 aliphatic carbocycles. The van der Waals surface area contributed by atoms with Gasteiger partial charge >= 0.3 is 0 Å². The average molecular weight is 302 g/mol. The number of halogens is 2. The minimum Gasteiger partial charge on any atom is -0.497 e. The molecule has 0 unspecified atom stereocenters. The Balaban J connectivity index is 2.51. The Morgan fingerprint density at radius 2 is 2.25 bits per heavy atom. The van der Waals surface area contributed by atoms with E-state index in [1.54, 1.807) is 19.6 Å². The Kier molecular flexibility index (Phi) is 3.51. The summed E-state index contributed by atoms with van der Waals surface area (Å²) in [4.78, 5) is 4.08. The summed E-state index contributed by atoms with van der Waals surface area (Å²) >= 11 is 9.27. The molecule has 0 spiro atoms. The van der Waals surface area contributed by atoms with Gasteiger partial charge in [0.05, 0.1) is 30.7 Å². The quantitative estimate of drug-likeness (QED) is 0.813. The van der Waals surface area contributed by atoms with E-state index >= 15 is 0 Å². The summed E-state index contributed by atoms with van der Waals surface area (Å²) in [6, 6.07) is 5.82. The van der Waals surface area contributed by atoms with Gasteiger partial charge in [0.1, 0.15) is 5.75 Å². The second kappa shape index (κ2) is 4.89. The summed E-state index contributed by atoms with van der Waals surface area (Å²) in [6.45, 7) is 0. The summed E-state index contributed by atoms with van der Waals surface area (Å²) in [5, 5.41) is 0. The Labute approximate surface area is 107 Å². The second-order valence-corrected chi connectivity index (χ2v) is 4.42. The molecule has 0 atom stereocenters. The van der Waals surface area contributed by atoms with Gasteiger partial charge in [-0.3, -0.25) is 0 Å². The summed E-state index contributed by atoms with van der Waals surface area (Å²) in [6.07, 6.45) is 3.49. The Hall–Kier alpha value is -1.00. The number of ether oxygens (including phenoxy) is 1. The van der Waals surface area contributed by atoms with Crippen molar-refractivity contribution in [2.24, 2.45) is 0 Å². The van der Waals surface area contributed by atoms with Crippen molar-refractivity contribution in [2.45, 2.75) is 5.88 Å². The maximum Gasteiger partial charge on any atom is 0.122 e. The number of rotatable bonds is 3. The minimum absolute atomic E-state index is 0.425. The SMILES string of the molecule is COc1cc(Br)cc(-n2cncc2CCl)c1. The monoisotopic (exact) mass is 300 g/mol. The highest BCUT2D eigenvalue weighted by molar-refractivity contribution is 9.10. The highest BCUT2D eigenvalue weighted by Crippen LogP contribution is 2.24. The van der Waals surface area contributed by atoms with E-state index < -0.39 is 0 Å². The lowest BCUT2D eigenvalue weighted by atomic mass is 10.3. The van der Waals surface area contributed by atoms with Gasteiger partial charge in [-0.05, 0) is 12.1 Å². The van der Waals surface area contributed by atoms with Crippen molar-refractivity contribution in [1.29, 1.82) is 0 Å². The summed E-state index contributed by atoms with van der Waals surface area (Å²) in [7, 11) is 1.64. The van der Waals surface area contributed by atoms with Gasteiger partial charge in [-0.1, -0.05) is 15.9 Å². The van der Waals surface area contributed by atoms with Crippen molar-refractivity contribution < 1.29 is 4.74 Å². The molecular formula is C11H10BrClN2O. The van der Waals surface area contributed by atoms with Crippen molar-refractivity contribution in [3.05, 3.63) is 40.9 Å². The average Bonchev–Trinajstić information content (AvgIpc) is 2.76. The predicted molar refractivity (Wildman–Crippen MR) is 67.4 cm³/mol. The third kappa shape index (κ3) is 2.23. The predicted octanol–water partition coefficient (Wildman–Crippen LogP) is 3.38. The van der Waals surface area contributed by atoms with E-state index in [0.717, 1.165) is 21.6 Å². The van der Waals surface area contributed by atoms with Gasteiger partial charge in [0.15, 0.2) is 0 Å². The molecule has 2 rings (SSSR count). The molecule has 1 aromatic heterocycles. The summed E-state index contributed by atoms with van der Waals surface area (Å²) in [5.74, 6) is 1.22. The smallest absolute Gasteiger partial charge is 0.122 e. The molecule has 1 aromatic carbocycles. The van der Waals surface area contributed by atoms with Crippen LogP contribution < -0.4 is 4.74 Å². The molecule has 5 heteroatoms. The first-order chi connectivity index (χ1) is 7.74. The second-order valence-electron chi connectivity index (χ2n) is 3.24. The number of benzene rings is 1. The first kappa shape index (κ1) is 11.5. The van der Waals surface area contributed by atoms with Gasteiger partial charge in [-0.2, -0.15) is 0 Å². The fraction of sp³-hybridized carbons (Fsp3) is 0.182. The van der Waals surface area contributed by atoms with Gasteiger partial charge in [0.2, 0.25) is 0 Å².